The van der Waals surface area contributed by atoms with Gasteiger partial charge in [0.05, 0.1) is 31.5 Å². The molecule has 1 saturated heterocycles. The average Bonchev–Trinajstić information content (AvgIpc) is 3.49. The van der Waals surface area contributed by atoms with Gasteiger partial charge in [-0.3, -0.25) is 0 Å². The first-order chi connectivity index (χ1) is 17.7. The summed E-state index contributed by atoms with van der Waals surface area (Å²) < 4.78 is 5.69. The third-order valence-corrected chi connectivity index (χ3v) is 12.8. The zero-order valence-corrected chi connectivity index (χ0v) is 23.8. The first-order valence-electron chi connectivity index (χ1n) is 15.6. The zero-order valence-electron chi connectivity index (χ0n) is 23.8. The van der Waals surface area contributed by atoms with Crippen LogP contribution in [0.4, 0.5) is 4.79 Å². The number of carbonyl (C=O) groups is 1. The number of likely N-dealkylation sites (tertiary alicyclic amines) is 1. The summed E-state index contributed by atoms with van der Waals surface area (Å²) in [5, 5.41) is 31.9. The van der Waals surface area contributed by atoms with Crippen LogP contribution < -0.4 is 0 Å². The minimum atomic E-state index is -0.267. The second-order valence-electron chi connectivity index (χ2n) is 14.2. The van der Waals surface area contributed by atoms with Gasteiger partial charge >= 0.3 is 6.09 Å². The number of amides is 1. The smallest absolute Gasteiger partial charge is 0.410 e. The molecule has 12 atom stereocenters. The standard InChI is InChI=1S/C31H53NO5/c1-5-22-26-17-21(34)10-13-31(26,4)25-11-14-30(3)23(8-9-24(30)27(25)28(22)35)19(2)12-16-37-29(36)32-15-6-7-20(32)18-33/h19-28,33-35H,5-18H2,1-4H3/t19-,20-,21-,22-,23-,24+,25+,26?,27?,28-,30-,31-/m1/s1. The van der Waals surface area contributed by atoms with E-state index in [-0.39, 0.29) is 41.8 Å². The van der Waals surface area contributed by atoms with E-state index in [1.807, 2.05) is 0 Å². The Balaban J connectivity index is 1.25. The van der Waals surface area contributed by atoms with Gasteiger partial charge in [-0.25, -0.2) is 4.79 Å². The summed E-state index contributed by atoms with van der Waals surface area (Å²) in [5.41, 5.74) is 0.475. The molecule has 0 spiro atoms. The molecule has 0 bridgehead atoms. The predicted octanol–water partition coefficient (Wildman–Crippen LogP) is 5.23. The minimum Gasteiger partial charge on any atom is -0.449 e. The third-order valence-electron chi connectivity index (χ3n) is 12.8. The monoisotopic (exact) mass is 519 g/mol. The maximum absolute atomic E-state index is 12.6. The second-order valence-corrected chi connectivity index (χ2v) is 14.2. The number of aliphatic hydroxyl groups excluding tert-OH is 3. The fraction of sp³-hybridized carbons (Fsp3) is 0.968. The average molecular weight is 520 g/mol. The van der Waals surface area contributed by atoms with Crippen LogP contribution in [0.25, 0.3) is 0 Å². The van der Waals surface area contributed by atoms with Crippen molar-refractivity contribution < 1.29 is 24.9 Å². The Labute approximate surface area is 224 Å². The van der Waals surface area contributed by atoms with Crippen molar-refractivity contribution in [2.24, 2.45) is 52.3 Å². The Bertz CT molecular complexity index is 821. The molecule has 37 heavy (non-hydrogen) atoms. The van der Waals surface area contributed by atoms with E-state index in [4.69, 9.17) is 4.74 Å². The van der Waals surface area contributed by atoms with Crippen molar-refractivity contribution in [3.63, 3.8) is 0 Å². The molecular formula is C31H53NO5. The van der Waals surface area contributed by atoms with E-state index in [2.05, 4.69) is 27.7 Å². The molecule has 6 heteroatoms. The van der Waals surface area contributed by atoms with E-state index in [0.29, 0.717) is 54.6 Å². The van der Waals surface area contributed by atoms with Crippen molar-refractivity contribution in [1.29, 1.82) is 0 Å². The lowest BCUT2D eigenvalue weighted by molar-refractivity contribution is -0.203. The Morgan fingerprint density at radius 3 is 2.49 bits per heavy atom. The second kappa shape index (κ2) is 10.6. The van der Waals surface area contributed by atoms with Crippen LogP contribution in [0.2, 0.25) is 0 Å². The lowest BCUT2D eigenvalue weighted by Crippen LogP contribution is -2.62. The first-order valence-corrected chi connectivity index (χ1v) is 15.6. The Hall–Kier alpha value is -0.850. The molecule has 2 unspecified atom stereocenters. The Morgan fingerprint density at radius 1 is 1.03 bits per heavy atom. The van der Waals surface area contributed by atoms with Gasteiger partial charge in [0.15, 0.2) is 0 Å². The maximum atomic E-state index is 12.6. The van der Waals surface area contributed by atoms with Crippen molar-refractivity contribution in [2.75, 3.05) is 19.8 Å². The number of ether oxygens (including phenoxy) is 1. The van der Waals surface area contributed by atoms with Crippen LogP contribution >= 0.6 is 0 Å². The molecule has 5 aliphatic rings. The van der Waals surface area contributed by atoms with Crippen molar-refractivity contribution in [1.82, 2.24) is 4.90 Å². The van der Waals surface area contributed by atoms with E-state index in [9.17, 15) is 20.1 Å². The highest BCUT2D eigenvalue weighted by Crippen LogP contribution is 2.69. The third kappa shape index (κ3) is 4.55. The lowest BCUT2D eigenvalue weighted by atomic mass is 9.41. The van der Waals surface area contributed by atoms with Gasteiger partial charge in [-0.05, 0) is 116 Å². The van der Waals surface area contributed by atoms with Crippen LogP contribution in [-0.2, 0) is 4.74 Å². The van der Waals surface area contributed by atoms with Crippen LogP contribution in [0.5, 0.6) is 0 Å². The Morgan fingerprint density at radius 2 is 1.76 bits per heavy atom. The molecule has 6 nitrogen and oxygen atoms in total. The molecule has 212 valence electrons. The molecule has 0 radical (unpaired) electrons. The summed E-state index contributed by atoms with van der Waals surface area (Å²) in [6.45, 7) is 10.7. The summed E-state index contributed by atoms with van der Waals surface area (Å²) in [6.07, 6.45) is 10.7. The van der Waals surface area contributed by atoms with Crippen molar-refractivity contribution in [3.05, 3.63) is 0 Å². The molecule has 0 aromatic heterocycles. The van der Waals surface area contributed by atoms with Crippen LogP contribution in [-0.4, -0.2) is 64.3 Å². The van der Waals surface area contributed by atoms with Crippen LogP contribution in [0, 0.1) is 52.3 Å². The number of nitrogens with zero attached hydrogens (tertiary/aromatic N) is 1. The largest absolute Gasteiger partial charge is 0.449 e. The summed E-state index contributed by atoms with van der Waals surface area (Å²) in [7, 11) is 0. The molecule has 3 N–H and O–H groups in total. The fourth-order valence-corrected chi connectivity index (χ4v) is 10.8. The topological polar surface area (TPSA) is 90.2 Å². The van der Waals surface area contributed by atoms with Gasteiger partial charge in [-0.1, -0.05) is 34.1 Å². The van der Waals surface area contributed by atoms with Gasteiger partial charge in [0.1, 0.15) is 0 Å². The predicted molar refractivity (Wildman–Crippen MR) is 144 cm³/mol. The summed E-state index contributed by atoms with van der Waals surface area (Å²) >= 11 is 0. The minimum absolute atomic E-state index is 0.0145. The highest BCUT2D eigenvalue weighted by atomic mass is 16.6. The van der Waals surface area contributed by atoms with Gasteiger partial charge in [0, 0.05) is 6.54 Å². The van der Waals surface area contributed by atoms with Gasteiger partial charge in [0.25, 0.3) is 0 Å². The highest BCUT2D eigenvalue weighted by Gasteiger charge is 2.64. The maximum Gasteiger partial charge on any atom is 0.410 e. The highest BCUT2D eigenvalue weighted by molar-refractivity contribution is 5.68. The van der Waals surface area contributed by atoms with Crippen LogP contribution in [0.15, 0.2) is 0 Å². The number of rotatable bonds is 6. The summed E-state index contributed by atoms with van der Waals surface area (Å²) in [5.74, 6) is 3.31. The van der Waals surface area contributed by atoms with E-state index in [1.54, 1.807) is 4.90 Å². The number of hydrogen-bond donors (Lipinski definition) is 3. The quantitative estimate of drug-likeness (QED) is 0.447. The van der Waals surface area contributed by atoms with Crippen LogP contribution in [0.3, 0.4) is 0 Å². The number of carbonyl (C=O) groups excluding carboxylic acids is 1. The van der Waals surface area contributed by atoms with E-state index in [1.165, 1.54) is 25.7 Å². The van der Waals surface area contributed by atoms with Crippen molar-refractivity contribution in [2.45, 2.75) is 117 Å². The molecule has 1 heterocycles. The number of fused-ring (bicyclic) bond motifs is 5. The van der Waals surface area contributed by atoms with Gasteiger partial charge in [-0.15, -0.1) is 0 Å². The molecule has 5 fully saturated rings. The van der Waals surface area contributed by atoms with Gasteiger partial charge < -0.3 is 25.0 Å². The molecule has 4 saturated carbocycles. The number of hydrogen-bond acceptors (Lipinski definition) is 5. The zero-order chi connectivity index (χ0) is 26.5. The van der Waals surface area contributed by atoms with Crippen LogP contribution in [0.1, 0.15) is 98.3 Å². The summed E-state index contributed by atoms with van der Waals surface area (Å²) in [6, 6.07) is -0.0858. The van der Waals surface area contributed by atoms with Crippen molar-refractivity contribution in [3.8, 4) is 0 Å². The fourth-order valence-electron chi connectivity index (χ4n) is 10.8. The molecule has 1 amide bonds. The molecule has 5 rings (SSSR count). The lowest BCUT2D eigenvalue weighted by Gasteiger charge is -2.64. The SMILES string of the molecule is CC[C@@H]1C2C[C@H](O)CC[C@]2(C)[C@H]2CC[C@]3(C)[C@@H]([C@H](C)CCOC(=O)N4CCC[C@@H]4CO)CC[C@H]3C2[C@@H]1O. The van der Waals surface area contributed by atoms with Crippen molar-refractivity contribution >= 4 is 6.09 Å². The first kappa shape index (κ1) is 27.7. The van der Waals surface area contributed by atoms with E-state index in [0.717, 1.165) is 44.9 Å². The molecule has 1 aliphatic heterocycles. The molecule has 0 aromatic carbocycles. The molecule has 4 aliphatic carbocycles. The van der Waals surface area contributed by atoms with E-state index >= 15 is 0 Å². The normalized spacial score (nSPS) is 48.2. The van der Waals surface area contributed by atoms with Gasteiger partial charge in [0.2, 0.25) is 0 Å². The van der Waals surface area contributed by atoms with Gasteiger partial charge in [-0.2, -0.15) is 0 Å². The molecule has 0 aromatic rings. The Kier molecular flexibility index (Phi) is 7.95. The molecular weight excluding hydrogens is 466 g/mol. The van der Waals surface area contributed by atoms with E-state index < -0.39 is 0 Å². The number of aliphatic hydroxyl groups is 3. The summed E-state index contributed by atoms with van der Waals surface area (Å²) in [4.78, 5) is 14.3.